The molecule has 1 aliphatic carbocycles. The summed E-state index contributed by atoms with van der Waals surface area (Å²) in [5.41, 5.74) is 0.483. The van der Waals surface area contributed by atoms with Crippen LogP contribution in [0.15, 0.2) is 24.5 Å². The second-order valence-corrected chi connectivity index (χ2v) is 14.2. The van der Waals surface area contributed by atoms with Crippen molar-refractivity contribution in [3.8, 4) is 11.6 Å². The summed E-state index contributed by atoms with van der Waals surface area (Å²) in [6.07, 6.45) is 10.0. The summed E-state index contributed by atoms with van der Waals surface area (Å²) in [6, 6.07) is 3.86. The largest absolute Gasteiger partial charge is 0.434 e. The highest BCUT2D eigenvalue weighted by molar-refractivity contribution is 5.97. The number of nitrogens with one attached hydrogen (secondary N) is 1. The van der Waals surface area contributed by atoms with Gasteiger partial charge in [0.2, 0.25) is 5.91 Å². The van der Waals surface area contributed by atoms with Crippen molar-refractivity contribution >= 4 is 17.6 Å². The van der Waals surface area contributed by atoms with Crippen molar-refractivity contribution in [3.63, 3.8) is 0 Å². The minimum absolute atomic E-state index is 0.0630. The van der Waals surface area contributed by atoms with Crippen molar-refractivity contribution in [2.45, 2.75) is 96.7 Å². The minimum Gasteiger partial charge on any atom is -0.434 e. The van der Waals surface area contributed by atoms with Crippen LogP contribution in [0.2, 0.25) is 0 Å². The number of piperidine rings is 1. The third kappa shape index (κ3) is 6.25. The van der Waals surface area contributed by atoms with Crippen molar-refractivity contribution in [3.05, 3.63) is 35.9 Å². The van der Waals surface area contributed by atoms with Gasteiger partial charge < -0.3 is 24.8 Å². The van der Waals surface area contributed by atoms with Crippen molar-refractivity contribution in [1.82, 2.24) is 30.3 Å². The zero-order chi connectivity index (χ0) is 31.1. The van der Waals surface area contributed by atoms with Crippen LogP contribution in [0.25, 0.3) is 0 Å². The molecule has 1 aromatic carbocycles. The molecule has 0 atom stereocenters. The lowest BCUT2D eigenvalue weighted by Gasteiger charge is -2.54. The van der Waals surface area contributed by atoms with Gasteiger partial charge in [-0.2, -0.15) is 0 Å². The fourth-order valence-corrected chi connectivity index (χ4v) is 7.97. The molecule has 1 aromatic heterocycles. The van der Waals surface area contributed by atoms with E-state index in [2.05, 4.69) is 30.3 Å². The summed E-state index contributed by atoms with van der Waals surface area (Å²) in [5.74, 6) is 1.19. The number of aromatic nitrogens is 3. The second kappa shape index (κ2) is 12.2. The monoisotopic (exact) mass is 607 g/mol. The Morgan fingerprint density at radius 1 is 1.09 bits per heavy atom. The first-order valence-corrected chi connectivity index (χ1v) is 16.3. The summed E-state index contributed by atoms with van der Waals surface area (Å²) in [4.78, 5) is 36.3. The average molecular weight is 608 g/mol. The number of likely N-dealkylation sites (tertiary alicyclic amines) is 1. The van der Waals surface area contributed by atoms with Gasteiger partial charge in [-0.25, -0.2) is 9.37 Å². The highest BCUT2D eigenvalue weighted by atomic mass is 19.1. The molecule has 0 radical (unpaired) electrons. The molecule has 11 heteroatoms. The average Bonchev–Trinajstić information content (AvgIpc) is 3.34. The molecule has 6 rings (SSSR count). The van der Waals surface area contributed by atoms with Crippen LogP contribution in [0.3, 0.4) is 0 Å². The predicted molar refractivity (Wildman–Crippen MR) is 165 cm³/mol. The van der Waals surface area contributed by atoms with E-state index in [1.807, 2.05) is 27.7 Å². The molecule has 10 nitrogen and oxygen atoms in total. The highest BCUT2D eigenvalue weighted by Crippen LogP contribution is 2.45. The van der Waals surface area contributed by atoms with Gasteiger partial charge in [0.15, 0.2) is 5.82 Å². The van der Waals surface area contributed by atoms with Gasteiger partial charge in [-0.05, 0) is 110 Å². The van der Waals surface area contributed by atoms with E-state index in [0.717, 1.165) is 64.8 Å². The molecule has 4 fully saturated rings. The van der Waals surface area contributed by atoms with Crippen molar-refractivity contribution in [1.29, 1.82) is 0 Å². The van der Waals surface area contributed by atoms with E-state index in [-0.39, 0.29) is 52.0 Å². The number of benzene rings is 1. The molecule has 3 saturated heterocycles. The number of halogens is 1. The van der Waals surface area contributed by atoms with Crippen molar-refractivity contribution in [2.75, 3.05) is 37.6 Å². The van der Waals surface area contributed by atoms with Crippen molar-refractivity contribution in [2.24, 2.45) is 11.3 Å². The summed E-state index contributed by atoms with van der Waals surface area (Å²) in [6.45, 7) is 12.8. The number of nitrogens with zero attached hydrogens (tertiary/aromatic N) is 6. The van der Waals surface area contributed by atoms with Crippen LogP contribution in [-0.4, -0.2) is 87.1 Å². The molecular weight excluding hydrogens is 561 g/mol. The molecule has 4 heterocycles. The van der Waals surface area contributed by atoms with E-state index in [9.17, 15) is 14.0 Å². The number of ether oxygens (including phenoxy) is 1. The first-order chi connectivity index (χ1) is 21.1. The Kier molecular flexibility index (Phi) is 8.52. The second-order valence-electron chi connectivity index (χ2n) is 14.2. The van der Waals surface area contributed by atoms with E-state index >= 15 is 0 Å². The Labute approximate surface area is 259 Å². The highest BCUT2D eigenvalue weighted by Gasteiger charge is 2.47. The fourth-order valence-electron chi connectivity index (χ4n) is 7.97. The van der Waals surface area contributed by atoms with E-state index in [0.29, 0.717) is 18.2 Å². The van der Waals surface area contributed by atoms with Crippen molar-refractivity contribution < 1.29 is 18.7 Å². The third-order valence-corrected chi connectivity index (χ3v) is 10.4. The number of hydrogen-bond acceptors (Lipinski definition) is 8. The molecule has 0 bridgehead atoms. The van der Waals surface area contributed by atoms with Crippen LogP contribution in [0.5, 0.6) is 11.6 Å². The van der Waals surface area contributed by atoms with E-state index in [4.69, 9.17) is 4.74 Å². The number of hydrogen-bond donors (Lipinski definition) is 1. The zero-order valence-corrected chi connectivity index (χ0v) is 26.5. The Morgan fingerprint density at radius 3 is 2.43 bits per heavy atom. The molecule has 0 unspecified atom stereocenters. The SMILES string of the molecule is CC(C)N(C(=O)c1cc(F)ccc1Oc1nncnc1N1CC2(CCN(CC3CCC4(CCC(=O)N4)CC3)CC2)C1)C(C)C. The summed E-state index contributed by atoms with van der Waals surface area (Å²) in [7, 11) is 0. The van der Waals surface area contributed by atoms with Crippen LogP contribution in [-0.2, 0) is 4.79 Å². The lowest BCUT2D eigenvalue weighted by atomic mass is 9.71. The Hall–Kier alpha value is -3.34. The molecule has 1 N–H and O–H groups in total. The number of carbonyl (C=O) groups excluding carboxylic acids is 2. The molecule has 2 amide bonds. The van der Waals surface area contributed by atoms with Gasteiger partial charge in [0, 0.05) is 49.1 Å². The first kappa shape index (κ1) is 30.7. The molecule has 2 aromatic rings. The van der Waals surface area contributed by atoms with Gasteiger partial charge in [-0.3, -0.25) is 9.59 Å². The lowest BCUT2D eigenvalue weighted by molar-refractivity contribution is -0.120. The minimum atomic E-state index is -0.503. The van der Waals surface area contributed by atoms with Gasteiger partial charge in [-0.1, -0.05) is 0 Å². The van der Waals surface area contributed by atoms with Crippen LogP contribution in [0.1, 0.15) is 89.4 Å². The summed E-state index contributed by atoms with van der Waals surface area (Å²) < 4.78 is 20.5. The van der Waals surface area contributed by atoms with E-state index in [1.54, 1.807) is 4.90 Å². The van der Waals surface area contributed by atoms with E-state index in [1.165, 1.54) is 37.4 Å². The smallest absolute Gasteiger partial charge is 0.282 e. The van der Waals surface area contributed by atoms with Gasteiger partial charge in [0.1, 0.15) is 17.9 Å². The Bertz CT molecular complexity index is 1350. The molecule has 44 heavy (non-hydrogen) atoms. The Morgan fingerprint density at radius 2 is 1.80 bits per heavy atom. The molecule has 3 aliphatic heterocycles. The zero-order valence-electron chi connectivity index (χ0n) is 26.5. The maximum absolute atomic E-state index is 14.3. The number of anilines is 1. The molecule has 1 saturated carbocycles. The maximum atomic E-state index is 14.3. The topological polar surface area (TPSA) is 104 Å². The quantitative estimate of drug-likeness (QED) is 0.457. The van der Waals surface area contributed by atoms with Gasteiger partial charge >= 0.3 is 0 Å². The molecule has 2 spiro atoms. The predicted octanol–water partition coefficient (Wildman–Crippen LogP) is 4.80. The number of rotatable bonds is 8. The summed E-state index contributed by atoms with van der Waals surface area (Å²) >= 11 is 0. The van der Waals surface area contributed by atoms with Crippen LogP contribution >= 0.6 is 0 Å². The fraction of sp³-hybridized carbons (Fsp3) is 0.667. The molecule has 4 aliphatic rings. The number of carbonyl (C=O) groups is 2. The first-order valence-electron chi connectivity index (χ1n) is 16.3. The standard InChI is InChI=1S/C33H46FN7O3/c1-22(2)41(23(3)4)31(43)26-17-25(34)5-6-27(26)44-30-29(35-21-36-38-30)40-19-32(20-40)13-15-39(16-14-32)18-24-7-10-33(11-8-24)12-9-28(42)37-33/h5-6,17,21-24H,7-16,18-20H2,1-4H3,(H,37,42). The Balaban J connectivity index is 1.06. The van der Waals surface area contributed by atoms with E-state index < -0.39 is 5.82 Å². The summed E-state index contributed by atoms with van der Waals surface area (Å²) in [5, 5.41) is 11.4. The normalized spacial score (nSPS) is 25.0. The number of amides is 2. The third-order valence-electron chi connectivity index (χ3n) is 10.4. The van der Waals surface area contributed by atoms with Crippen LogP contribution < -0.4 is 15.0 Å². The van der Waals surface area contributed by atoms with Gasteiger partial charge in [0.25, 0.3) is 11.8 Å². The van der Waals surface area contributed by atoms with Crippen LogP contribution in [0.4, 0.5) is 10.2 Å². The lowest BCUT2D eigenvalue weighted by Crippen LogP contribution is -2.61. The molecular formula is C33H46FN7O3. The molecule has 238 valence electrons. The van der Waals surface area contributed by atoms with Crippen LogP contribution in [0, 0.1) is 17.2 Å². The van der Waals surface area contributed by atoms with Gasteiger partial charge in [0.05, 0.1) is 5.56 Å². The maximum Gasteiger partial charge on any atom is 0.282 e. The van der Waals surface area contributed by atoms with Gasteiger partial charge in [-0.15, -0.1) is 10.2 Å².